The molecule has 21 heavy (non-hydrogen) atoms. The first-order valence-corrected chi connectivity index (χ1v) is 9.28. The number of hydrogen-bond acceptors (Lipinski definition) is 6. The van der Waals surface area contributed by atoms with Crippen LogP contribution < -0.4 is 5.32 Å². The highest BCUT2D eigenvalue weighted by molar-refractivity contribution is 7.91. The Kier molecular flexibility index (Phi) is 4.12. The van der Waals surface area contributed by atoms with Crippen molar-refractivity contribution in [2.75, 3.05) is 23.4 Å². The molecule has 1 saturated carbocycles. The molecule has 0 atom stereocenters. The molecule has 2 N–H and O–H groups in total. The summed E-state index contributed by atoms with van der Waals surface area (Å²) in [4.78, 5) is 8.48. The molecule has 2 heterocycles. The van der Waals surface area contributed by atoms with Gasteiger partial charge in [0.1, 0.15) is 22.0 Å². The largest absolute Gasteiger partial charge is 0.393 e. The molecule has 0 bridgehead atoms. The van der Waals surface area contributed by atoms with Crippen molar-refractivity contribution in [3.8, 4) is 0 Å². The molecule has 2 aliphatic rings. The topological polar surface area (TPSA) is 92.2 Å². The molecular formula is C14H21N3O3S. The summed E-state index contributed by atoms with van der Waals surface area (Å²) in [5.41, 5.74) is 0.976. The monoisotopic (exact) mass is 311 g/mol. The number of sulfone groups is 1. The highest BCUT2D eigenvalue weighted by Crippen LogP contribution is 2.36. The Morgan fingerprint density at radius 3 is 2.62 bits per heavy atom. The maximum Gasteiger partial charge on any atom is 0.150 e. The Bertz CT molecular complexity index is 585. The Labute approximate surface area is 124 Å². The molecule has 0 unspecified atom stereocenters. The second kappa shape index (κ2) is 5.88. The minimum Gasteiger partial charge on any atom is -0.393 e. The van der Waals surface area contributed by atoms with E-state index < -0.39 is 9.84 Å². The summed E-state index contributed by atoms with van der Waals surface area (Å²) < 4.78 is 22.8. The molecular weight excluding hydrogens is 290 g/mol. The van der Waals surface area contributed by atoms with E-state index in [1.54, 1.807) is 6.33 Å². The van der Waals surface area contributed by atoms with Crippen molar-refractivity contribution in [3.63, 3.8) is 0 Å². The molecule has 116 valence electrons. The molecule has 0 aromatic carbocycles. The maximum atomic E-state index is 11.4. The number of anilines is 1. The zero-order valence-electron chi connectivity index (χ0n) is 11.9. The zero-order valence-corrected chi connectivity index (χ0v) is 12.7. The number of nitrogens with zero attached hydrogens (tertiary/aromatic N) is 2. The van der Waals surface area contributed by atoms with Crippen LogP contribution in [-0.4, -0.2) is 47.6 Å². The van der Waals surface area contributed by atoms with Crippen LogP contribution in [0.2, 0.25) is 0 Å². The molecule has 3 rings (SSSR count). The zero-order chi connectivity index (χ0) is 14.9. The van der Waals surface area contributed by atoms with E-state index in [1.165, 1.54) is 0 Å². The number of aliphatic hydroxyl groups excluding tert-OH is 1. The van der Waals surface area contributed by atoms with Gasteiger partial charge in [-0.05, 0) is 31.6 Å². The quantitative estimate of drug-likeness (QED) is 0.860. The molecule has 6 nitrogen and oxygen atoms in total. The van der Waals surface area contributed by atoms with E-state index in [-0.39, 0.29) is 6.10 Å². The van der Waals surface area contributed by atoms with E-state index in [0.29, 0.717) is 23.3 Å². The summed E-state index contributed by atoms with van der Waals surface area (Å²) in [6.45, 7) is 0.749. The van der Waals surface area contributed by atoms with Crippen molar-refractivity contribution in [3.05, 3.63) is 18.1 Å². The average molecular weight is 311 g/mol. The van der Waals surface area contributed by atoms with Crippen LogP contribution in [0.3, 0.4) is 0 Å². The first-order chi connectivity index (χ1) is 10.0. The molecule has 2 fully saturated rings. The molecule has 0 amide bonds. The third-order valence-electron chi connectivity index (χ3n) is 4.47. The van der Waals surface area contributed by atoms with Gasteiger partial charge < -0.3 is 10.4 Å². The molecule has 7 heteroatoms. The Hall–Kier alpha value is -1.21. The van der Waals surface area contributed by atoms with Gasteiger partial charge in [0.05, 0.1) is 17.6 Å². The van der Waals surface area contributed by atoms with Crippen LogP contribution in [0, 0.1) is 5.92 Å². The number of nitrogens with one attached hydrogen (secondary N) is 1. The lowest BCUT2D eigenvalue weighted by Crippen LogP contribution is -2.28. The van der Waals surface area contributed by atoms with E-state index in [4.69, 9.17) is 0 Å². The summed E-state index contributed by atoms with van der Waals surface area (Å²) in [6.07, 6.45) is 4.36. The predicted octanol–water partition coefficient (Wildman–Crippen LogP) is 0.952. The van der Waals surface area contributed by atoms with Gasteiger partial charge in [-0.1, -0.05) is 0 Å². The Morgan fingerprint density at radius 2 is 1.95 bits per heavy atom. The SMILES string of the molecule is O=S1(=O)CCC(CNc2cc(C3CC(O)C3)ncn2)CC1. The van der Waals surface area contributed by atoms with Gasteiger partial charge in [-0.2, -0.15) is 0 Å². The van der Waals surface area contributed by atoms with Crippen molar-refractivity contribution >= 4 is 15.7 Å². The number of rotatable bonds is 4. The van der Waals surface area contributed by atoms with E-state index in [9.17, 15) is 13.5 Å². The van der Waals surface area contributed by atoms with Crippen LogP contribution >= 0.6 is 0 Å². The third-order valence-corrected chi connectivity index (χ3v) is 6.18. The van der Waals surface area contributed by atoms with Gasteiger partial charge >= 0.3 is 0 Å². The van der Waals surface area contributed by atoms with Gasteiger partial charge in [0.25, 0.3) is 0 Å². The van der Waals surface area contributed by atoms with Crippen molar-refractivity contribution in [2.45, 2.75) is 37.7 Å². The normalized spacial score (nSPS) is 28.8. The first-order valence-electron chi connectivity index (χ1n) is 7.46. The van der Waals surface area contributed by atoms with Crippen LogP contribution in [0.1, 0.15) is 37.3 Å². The van der Waals surface area contributed by atoms with Crippen molar-refractivity contribution in [1.29, 1.82) is 0 Å². The summed E-state index contributed by atoms with van der Waals surface area (Å²) in [7, 11) is -2.79. The highest BCUT2D eigenvalue weighted by Gasteiger charge is 2.30. The maximum absolute atomic E-state index is 11.4. The van der Waals surface area contributed by atoms with Crippen LogP contribution in [-0.2, 0) is 9.84 Å². The average Bonchev–Trinajstić information content (AvgIpc) is 2.43. The lowest BCUT2D eigenvalue weighted by Gasteiger charge is -2.30. The summed E-state index contributed by atoms with van der Waals surface area (Å²) in [6, 6.07) is 1.94. The van der Waals surface area contributed by atoms with Crippen molar-refractivity contribution in [1.82, 2.24) is 9.97 Å². The van der Waals surface area contributed by atoms with Gasteiger partial charge in [-0.25, -0.2) is 18.4 Å². The van der Waals surface area contributed by atoms with Crippen LogP contribution in [0.5, 0.6) is 0 Å². The number of hydrogen-bond donors (Lipinski definition) is 2. The molecule has 0 radical (unpaired) electrons. The summed E-state index contributed by atoms with van der Waals surface area (Å²) >= 11 is 0. The second-order valence-electron chi connectivity index (χ2n) is 6.13. The summed E-state index contributed by atoms with van der Waals surface area (Å²) in [5, 5.41) is 12.6. The Balaban J connectivity index is 1.52. The smallest absolute Gasteiger partial charge is 0.150 e. The van der Waals surface area contributed by atoms with E-state index in [2.05, 4.69) is 15.3 Å². The minimum atomic E-state index is -2.79. The highest BCUT2D eigenvalue weighted by atomic mass is 32.2. The molecule has 1 aliphatic carbocycles. The first kappa shape index (κ1) is 14.7. The molecule has 0 spiro atoms. The van der Waals surface area contributed by atoms with Gasteiger partial charge in [0.15, 0.2) is 0 Å². The van der Waals surface area contributed by atoms with Gasteiger partial charge in [0, 0.05) is 24.2 Å². The number of aliphatic hydroxyl groups is 1. The van der Waals surface area contributed by atoms with E-state index in [0.717, 1.165) is 43.7 Å². The second-order valence-corrected chi connectivity index (χ2v) is 8.43. The fraction of sp³-hybridized carbons (Fsp3) is 0.714. The van der Waals surface area contributed by atoms with Crippen LogP contribution in [0.4, 0.5) is 5.82 Å². The molecule has 1 saturated heterocycles. The van der Waals surface area contributed by atoms with Gasteiger partial charge in [0.2, 0.25) is 0 Å². The lowest BCUT2D eigenvalue weighted by atomic mass is 9.80. The van der Waals surface area contributed by atoms with Crippen molar-refractivity contribution < 1.29 is 13.5 Å². The molecule has 1 aromatic heterocycles. The minimum absolute atomic E-state index is 0.189. The van der Waals surface area contributed by atoms with Crippen LogP contribution in [0.15, 0.2) is 12.4 Å². The molecule has 1 aromatic rings. The van der Waals surface area contributed by atoms with Crippen LogP contribution in [0.25, 0.3) is 0 Å². The number of aromatic nitrogens is 2. The standard InChI is InChI=1S/C14H21N3O3S/c18-12-5-11(6-12)13-7-14(17-9-16-13)15-8-10-1-3-21(19,20)4-2-10/h7,9-12,18H,1-6,8H2,(H,15,16,17). The Morgan fingerprint density at radius 1 is 1.24 bits per heavy atom. The fourth-order valence-corrected chi connectivity index (χ4v) is 4.50. The third kappa shape index (κ3) is 3.71. The summed E-state index contributed by atoms with van der Waals surface area (Å²) in [5.74, 6) is 2.11. The fourth-order valence-electron chi connectivity index (χ4n) is 2.91. The van der Waals surface area contributed by atoms with E-state index in [1.807, 2.05) is 6.07 Å². The lowest BCUT2D eigenvalue weighted by molar-refractivity contribution is 0.0732. The van der Waals surface area contributed by atoms with Crippen molar-refractivity contribution in [2.24, 2.45) is 5.92 Å². The van der Waals surface area contributed by atoms with Gasteiger partial charge in [-0.3, -0.25) is 0 Å². The van der Waals surface area contributed by atoms with Gasteiger partial charge in [-0.15, -0.1) is 0 Å². The predicted molar refractivity (Wildman–Crippen MR) is 79.9 cm³/mol. The van der Waals surface area contributed by atoms with E-state index >= 15 is 0 Å². The molecule has 1 aliphatic heterocycles.